The van der Waals surface area contributed by atoms with E-state index in [1.165, 1.54) is 0 Å². The van der Waals surface area contributed by atoms with Gasteiger partial charge >= 0.3 is 6.18 Å². The lowest BCUT2D eigenvalue weighted by Crippen LogP contribution is -2.12. The summed E-state index contributed by atoms with van der Waals surface area (Å²) in [5.41, 5.74) is 0.873. The Bertz CT molecular complexity index is 458. The summed E-state index contributed by atoms with van der Waals surface area (Å²) in [6, 6.07) is 0. The number of anilines is 2. The van der Waals surface area contributed by atoms with Gasteiger partial charge in [0.1, 0.15) is 17.5 Å². The van der Waals surface area contributed by atoms with Crippen LogP contribution in [0.25, 0.3) is 0 Å². The molecule has 0 saturated carbocycles. The normalized spacial score (nSPS) is 11.8. The van der Waals surface area contributed by atoms with Crippen molar-refractivity contribution in [2.75, 3.05) is 24.2 Å². The highest BCUT2D eigenvalue weighted by molar-refractivity contribution is 5.57. The van der Waals surface area contributed by atoms with Gasteiger partial charge in [-0.2, -0.15) is 13.2 Å². The number of halogens is 3. The number of rotatable bonds is 7. The molecule has 0 spiro atoms. The van der Waals surface area contributed by atoms with Crippen LogP contribution in [0.15, 0.2) is 0 Å². The Balaban J connectivity index is 2.63. The number of nitrogens with one attached hydrogen (secondary N) is 2. The number of hydrogen-bond donors (Lipinski definition) is 2. The lowest BCUT2D eigenvalue weighted by Gasteiger charge is -2.15. The molecule has 1 aromatic heterocycles. The molecule has 0 bridgehead atoms. The van der Waals surface area contributed by atoms with E-state index >= 15 is 0 Å². The molecule has 0 aliphatic carbocycles. The molecule has 0 fully saturated rings. The van der Waals surface area contributed by atoms with Gasteiger partial charge in [-0.15, -0.1) is 0 Å². The molecule has 0 aromatic carbocycles. The summed E-state index contributed by atoms with van der Waals surface area (Å²) >= 11 is 0. The zero-order chi connectivity index (χ0) is 16.0. The van der Waals surface area contributed by atoms with Crippen LogP contribution in [0, 0.1) is 6.92 Å². The Morgan fingerprint density at radius 3 is 2.24 bits per heavy atom. The molecular formula is C14H23F3N4. The zero-order valence-electron chi connectivity index (χ0n) is 12.9. The lowest BCUT2D eigenvalue weighted by atomic mass is 10.2. The summed E-state index contributed by atoms with van der Waals surface area (Å²) in [4.78, 5) is 8.86. The minimum Gasteiger partial charge on any atom is -0.373 e. The lowest BCUT2D eigenvalue weighted by molar-refractivity contribution is -0.135. The Morgan fingerprint density at radius 2 is 1.71 bits per heavy atom. The average Bonchev–Trinajstić information content (AvgIpc) is 2.38. The molecule has 120 valence electrons. The molecule has 7 heteroatoms. The molecule has 4 nitrogen and oxygen atoms in total. The summed E-state index contributed by atoms with van der Waals surface area (Å²) in [7, 11) is 1.78. The number of nitrogens with zero attached hydrogens (tertiary/aromatic N) is 2. The maximum Gasteiger partial charge on any atom is 0.389 e. The van der Waals surface area contributed by atoms with Crippen LogP contribution < -0.4 is 10.6 Å². The van der Waals surface area contributed by atoms with Gasteiger partial charge in [-0.25, -0.2) is 9.97 Å². The van der Waals surface area contributed by atoms with Gasteiger partial charge in [-0.1, -0.05) is 13.8 Å². The van der Waals surface area contributed by atoms with E-state index in [-0.39, 0.29) is 12.3 Å². The van der Waals surface area contributed by atoms with Crippen LogP contribution in [0.1, 0.15) is 50.4 Å². The van der Waals surface area contributed by atoms with E-state index < -0.39 is 12.6 Å². The van der Waals surface area contributed by atoms with Gasteiger partial charge < -0.3 is 10.6 Å². The fourth-order valence-electron chi connectivity index (χ4n) is 1.86. The molecular weight excluding hydrogens is 281 g/mol. The standard InChI is InChI=1S/C14H23F3N4/c1-9(2)11-20-12(18-4)10(3)13(21-11)19-8-6-5-7-14(15,16)17/h9H,5-8H2,1-4H3,(H2,18,19,20,21). The van der Waals surface area contributed by atoms with E-state index in [1.807, 2.05) is 20.8 Å². The van der Waals surface area contributed by atoms with E-state index in [1.54, 1.807) is 7.05 Å². The topological polar surface area (TPSA) is 49.8 Å². The molecule has 1 aromatic rings. The minimum absolute atomic E-state index is 0.122. The second kappa shape index (κ2) is 7.47. The minimum atomic E-state index is -4.07. The summed E-state index contributed by atoms with van der Waals surface area (Å²) < 4.78 is 36.2. The highest BCUT2D eigenvalue weighted by Crippen LogP contribution is 2.24. The summed E-state index contributed by atoms with van der Waals surface area (Å²) in [6.07, 6.45) is -4.24. The van der Waals surface area contributed by atoms with Crippen molar-refractivity contribution in [3.63, 3.8) is 0 Å². The molecule has 1 heterocycles. The van der Waals surface area contributed by atoms with Crippen molar-refractivity contribution in [2.45, 2.75) is 52.1 Å². The second-order valence-electron chi connectivity index (χ2n) is 5.31. The first kappa shape index (κ1) is 17.5. The summed E-state index contributed by atoms with van der Waals surface area (Å²) in [5.74, 6) is 2.32. The SMILES string of the molecule is CNc1nc(C(C)C)nc(NCCCCC(F)(F)F)c1C. The van der Waals surface area contributed by atoms with Gasteiger partial charge in [0, 0.05) is 31.5 Å². The number of unbranched alkanes of at least 4 members (excludes halogenated alkanes) is 1. The molecule has 0 atom stereocenters. The van der Waals surface area contributed by atoms with Crippen LogP contribution in [-0.2, 0) is 0 Å². The molecule has 2 N–H and O–H groups in total. The first-order chi connectivity index (χ1) is 9.74. The van der Waals surface area contributed by atoms with Crippen LogP contribution in [0.4, 0.5) is 24.8 Å². The van der Waals surface area contributed by atoms with Gasteiger partial charge in [0.25, 0.3) is 0 Å². The number of aromatic nitrogens is 2. The molecule has 0 unspecified atom stereocenters. The average molecular weight is 304 g/mol. The Labute approximate surface area is 123 Å². The van der Waals surface area contributed by atoms with E-state index in [4.69, 9.17) is 0 Å². The molecule has 0 radical (unpaired) electrons. The van der Waals surface area contributed by atoms with Gasteiger partial charge in [-0.3, -0.25) is 0 Å². The quantitative estimate of drug-likeness (QED) is 0.745. The Kier molecular flexibility index (Phi) is 6.23. The third kappa shape index (κ3) is 5.77. The number of hydrogen-bond acceptors (Lipinski definition) is 4. The fourth-order valence-corrected chi connectivity index (χ4v) is 1.86. The highest BCUT2D eigenvalue weighted by Gasteiger charge is 2.25. The van der Waals surface area contributed by atoms with Gasteiger partial charge in [-0.05, 0) is 19.8 Å². The predicted molar refractivity (Wildman–Crippen MR) is 78.8 cm³/mol. The van der Waals surface area contributed by atoms with Crippen LogP contribution in [0.5, 0.6) is 0 Å². The van der Waals surface area contributed by atoms with Crippen LogP contribution >= 0.6 is 0 Å². The molecule has 1 rings (SSSR count). The van der Waals surface area contributed by atoms with Crippen molar-refractivity contribution in [3.05, 3.63) is 11.4 Å². The maximum atomic E-state index is 12.1. The van der Waals surface area contributed by atoms with Crippen molar-refractivity contribution in [3.8, 4) is 0 Å². The van der Waals surface area contributed by atoms with Crippen molar-refractivity contribution < 1.29 is 13.2 Å². The third-order valence-electron chi connectivity index (χ3n) is 3.10. The largest absolute Gasteiger partial charge is 0.389 e. The van der Waals surface area contributed by atoms with Crippen molar-refractivity contribution >= 4 is 11.6 Å². The van der Waals surface area contributed by atoms with E-state index in [9.17, 15) is 13.2 Å². The van der Waals surface area contributed by atoms with Gasteiger partial charge in [0.15, 0.2) is 0 Å². The number of alkyl halides is 3. The smallest absolute Gasteiger partial charge is 0.373 e. The summed E-state index contributed by atoms with van der Waals surface area (Å²) in [6.45, 7) is 6.34. The third-order valence-corrected chi connectivity index (χ3v) is 3.10. The monoisotopic (exact) mass is 304 g/mol. The van der Waals surface area contributed by atoms with Gasteiger partial charge in [0.05, 0.1) is 0 Å². The molecule has 0 saturated heterocycles. The van der Waals surface area contributed by atoms with Crippen LogP contribution in [0.3, 0.4) is 0 Å². The maximum absolute atomic E-state index is 12.1. The van der Waals surface area contributed by atoms with Crippen LogP contribution in [0.2, 0.25) is 0 Å². The van der Waals surface area contributed by atoms with Crippen molar-refractivity contribution in [2.24, 2.45) is 0 Å². The second-order valence-corrected chi connectivity index (χ2v) is 5.31. The first-order valence-electron chi connectivity index (χ1n) is 7.11. The molecule has 0 aliphatic heterocycles. The fraction of sp³-hybridized carbons (Fsp3) is 0.714. The highest BCUT2D eigenvalue weighted by atomic mass is 19.4. The zero-order valence-corrected chi connectivity index (χ0v) is 12.9. The summed E-state index contributed by atoms with van der Waals surface area (Å²) in [5, 5.41) is 6.12. The molecule has 0 amide bonds. The first-order valence-corrected chi connectivity index (χ1v) is 7.11. The molecule has 21 heavy (non-hydrogen) atoms. The molecule has 0 aliphatic rings. The van der Waals surface area contributed by atoms with Gasteiger partial charge in [0.2, 0.25) is 0 Å². The van der Waals surface area contributed by atoms with Crippen LogP contribution in [-0.4, -0.2) is 29.7 Å². The van der Waals surface area contributed by atoms with E-state index in [2.05, 4.69) is 20.6 Å². The Hall–Kier alpha value is -1.53. The van der Waals surface area contributed by atoms with E-state index in [0.29, 0.717) is 24.6 Å². The van der Waals surface area contributed by atoms with Crippen molar-refractivity contribution in [1.29, 1.82) is 0 Å². The Morgan fingerprint density at radius 1 is 1.10 bits per heavy atom. The van der Waals surface area contributed by atoms with E-state index in [0.717, 1.165) is 11.4 Å². The van der Waals surface area contributed by atoms with Crippen molar-refractivity contribution in [1.82, 2.24) is 9.97 Å². The predicted octanol–water partition coefficient (Wildman–Crippen LogP) is 4.09.